The van der Waals surface area contributed by atoms with Crippen molar-refractivity contribution in [3.8, 4) is 11.4 Å². The standard InChI is InChI=1S/C22H16ClN3/c23-17-11-9-16(10-12-17)21-24-19-7-3-2-6-18(19)22(25-21)26-14-13-15-5-1-4-8-20(15)26/h1-12H,13-14H2. The quantitative estimate of drug-likeness (QED) is 0.464. The summed E-state index contributed by atoms with van der Waals surface area (Å²) >= 11 is 6.04. The molecule has 0 N–H and O–H groups in total. The van der Waals surface area contributed by atoms with Gasteiger partial charge in [-0.1, -0.05) is 41.9 Å². The first kappa shape index (κ1) is 15.4. The zero-order valence-corrected chi connectivity index (χ0v) is 14.8. The lowest BCUT2D eigenvalue weighted by molar-refractivity contribution is 0.976. The van der Waals surface area contributed by atoms with Gasteiger partial charge in [0.1, 0.15) is 5.82 Å². The average molecular weight is 358 g/mol. The van der Waals surface area contributed by atoms with E-state index >= 15 is 0 Å². The van der Waals surface area contributed by atoms with E-state index in [9.17, 15) is 0 Å². The maximum absolute atomic E-state index is 6.04. The summed E-state index contributed by atoms with van der Waals surface area (Å²) in [6.07, 6.45) is 1.03. The Kier molecular flexibility index (Phi) is 3.61. The molecule has 3 nitrogen and oxygen atoms in total. The van der Waals surface area contributed by atoms with Crippen LogP contribution < -0.4 is 4.90 Å². The number of halogens is 1. The maximum atomic E-state index is 6.04. The van der Waals surface area contributed by atoms with Gasteiger partial charge in [-0.05, 0) is 54.4 Å². The predicted molar refractivity (Wildman–Crippen MR) is 107 cm³/mol. The number of anilines is 2. The van der Waals surface area contributed by atoms with Crippen LogP contribution in [0.1, 0.15) is 5.56 Å². The minimum atomic E-state index is 0.711. The molecule has 1 aromatic heterocycles. The predicted octanol–water partition coefficient (Wildman–Crippen LogP) is 5.64. The number of rotatable bonds is 2. The summed E-state index contributed by atoms with van der Waals surface area (Å²) in [6.45, 7) is 0.931. The molecule has 4 aromatic rings. The topological polar surface area (TPSA) is 29.0 Å². The average Bonchev–Trinajstić information content (AvgIpc) is 3.12. The minimum Gasteiger partial charge on any atom is -0.325 e. The Labute approximate surface area is 156 Å². The number of hydrogen-bond donors (Lipinski definition) is 0. The fourth-order valence-electron chi connectivity index (χ4n) is 3.55. The molecule has 0 amide bonds. The van der Waals surface area contributed by atoms with E-state index < -0.39 is 0 Å². The highest BCUT2D eigenvalue weighted by atomic mass is 35.5. The highest BCUT2D eigenvalue weighted by molar-refractivity contribution is 6.30. The first-order valence-corrected chi connectivity index (χ1v) is 9.05. The normalized spacial score (nSPS) is 13.2. The van der Waals surface area contributed by atoms with E-state index in [4.69, 9.17) is 21.6 Å². The first-order valence-electron chi connectivity index (χ1n) is 8.68. The number of benzene rings is 3. The maximum Gasteiger partial charge on any atom is 0.162 e. The summed E-state index contributed by atoms with van der Waals surface area (Å²) in [7, 11) is 0. The third-order valence-electron chi connectivity index (χ3n) is 4.83. The van der Waals surface area contributed by atoms with Crippen molar-refractivity contribution in [2.75, 3.05) is 11.4 Å². The van der Waals surface area contributed by atoms with E-state index in [-0.39, 0.29) is 0 Å². The Balaban J connectivity index is 1.73. The van der Waals surface area contributed by atoms with Crippen molar-refractivity contribution >= 4 is 34.0 Å². The molecule has 5 rings (SSSR count). The number of para-hydroxylation sites is 2. The lowest BCUT2D eigenvalue weighted by Gasteiger charge is -2.21. The van der Waals surface area contributed by atoms with Crippen LogP contribution in [0.15, 0.2) is 72.8 Å². The Morgan fingerprint density at radius 3 is 2.46 bits per heavy atom. The van der Waals surface area contributed by atoms with Crippen molar-refractivity contribution in [3.05, 3.63) is 83.4 Å². The largest absolute Gasteiger partial charge is 0.325 e. The Bertz CT molecular complexity index is 1110. The van der Waals surface area contributed by atoms with Gasteiger partial charge in [-0.2, -0.15) is 0 Å². The van der Waals surface area contributed by atoms with Crippen LogP contribution in [0.25, 0.3) is 22.3 Å². The first-order chi connectivity index (χ1) is 12.8. The molecule has 1 aliphatic heterocycles. The lowest BCUT2D eigenvalue weighted by atomic mass is 10.1. The smallest absolute Gasteiger partial charge is 0.162 e. The highest BCUT2D eigenvalue weighted by Gasteiger charge is 2.23. The number of hydrogen-bond acceptors (Lipinski definition) is 3. The molecule has 0 saturated carbocycles. The zero-order chi connectivity index (χ0) is 17.5. The van der Waals surface area contributed by atoms with Gasteiger partial charge >= 0.3 is 0 Å². The molecule has 0 saturated heterocycles. The zero-order valence-electron chi connectivity index (χ0n) is 14.1. The molecule has 0 unspecified atom stereocenters. The summed E-state index contributed by atoms with van der Waals surface area (Å²) in [6, 6.07) is 24.4. The molecule has 126 valence electrons. The molecule has 0 atom stereocenters. The minimum absolute atomic E-state index is 0.711. The Hall–Kier alpha value is -2.91. The van der Waals surface area contributed by atoms with Gasteiger partial charge < -0.3 is 4.90 Å². The summed E-state index contributed by atoms with van der Waals surface area (Å²) < 4.78 is 0. The molecular weight excluding hydrogens is 342 g/mol. The van der Waals surface area contributed by atoms with Gasteiger partial charge in [0.15, 0.2) is 5.82 Å². The van der Waals surface area contributed by atoms with Crippen LogP contribution in [0.2, 0.25) is 5.02 Å². The van der Waals surface area contributed by atoms with Gasteiger partial charge in [-0.15, -0.1) is 0 Å². The highest BCUT2D eigenvalue weighted by Crippen LogP contribution is 2.37. The number of nitrogens with zero attached hydrogens (tertiary/aromatic N) is 3. The fourth-order valence-corrected chi connectivity index (χ4v) is 3.68. The molecule has 0 aliphatic carbocycles. The number of fused-ring (bicyclic) bond motifs is 2. The monoisotopic (exact) mass is 357 g/mol. The molecule has 0 radical (unpaired) electrons. The van der Waals surface area contributed by atoms with Crippen molar-refractivity contribution in [1.29, 1.82) is 0 Å². The van der Waals surface area contributed by atoms with E-state index in [1.807, 2.05) is 42.5 Å². The van der Waals surface area contributed by atoms with Crippen LogP contribution in [0, 0.1) is 0 Å². The molecule has 1 aliphatic rings. The van der Waals surface area contributed by atoms with Crippen LogP contribution in [-0.4, -0.2) is 16.5 Å². The fraction of sp³-hybridized carbons (Fsp3) is 0.0909. The van der Waals surface area contributed by atoms with Gasteiger partial charge in [0.2, 0.25) is 0 Å². The third-order valence-corrected chi connectivity index (χ3v) is 5.08. The van der Waals surface area contributed by atoms with Crippen molar-refractivity contribution in [2.24, 2.45) is 0 Å². The molecular formula is C22H16ClN3. The molecule has 0 spiro atoms. The Morgan fingerprint density at radius 2 is 1.58 bits per heavy atom. The summed E-state index contributed by atoms with van der Waals surface area (Å²) in [4.78, 5) is 12.0. The second-order valence-corrected chi connectivity index (χ2v) is 6.86. The molecule has 26 heavy (non-hydrogen) atoms. The van der Waals surface area contributed by atoms with E-state index in [2.05, 4.69) is 35.2 Å². The number of aromatic nitrogens is 2. The molecule has 0 fully saturated rings. The van der Waals surface area contributed by atoms with Gasteiger partial charge in [-0.25, -0.2) is 9.97 Å². The van der Waals surface area contributed by atoms with Crippen LogP contribution in [0.3, 0.4) is 0 Å². The second kappa shape index (κ2) is 6.11. The van der Waals surface area contributed by atoms with E-state index in [0.717, 1.165) is 41.1 Å². The molecule has 3 aromatic carbocycles. The van der Waals surface area contributed by atoms with Crippen molar-refractivity contribution in [1.82, 2.24) is 9.97 Å². The summed E-state index contributed by atoms with van der Waals surface area (Å²) in [5.74, 6) is 1.69. The van der Waals surface area contributed by atoms with Gasteiger partial charge in [-0.3, -0.25) is 0 Å². The SMILES string of the molecule is Clc1ccc(-c2nc(N3CCc4ccccc43)c3ccccc3n2)cc1. The third kappa shape index (κ3) is 2.52. The van der Waals surface area contributed by atoms with Crippen LogP contribution >= 0.6 is 11.6 Å². The molecule has 4 heteroatoms. The van der Waals surface area contributed by atoms with Gasteiger partial charge in [0.25, 0.3) is 0 Å². The Morgan fingerprint density at radius 1 is 0.808 bits per heavy atom. The lowest BCUT2D eigenvalue weighted by Crippen LogP contribution is -2.16. The molecule has 0 bridgehead atoms. The summed E-state index contributed by atoms with van der Waals surface area (Å²) in [5, 5.41) is 1.78. The van der Waals surface area contributed by atoms with Crippen molar-refractivity contribution < 1.29 is 0 Å². The van der Waals surface area contributed by atoms with Crippen LogP contribution in [0.4, 0.5) is 11.5 Å². The van der Waals surface area contributed by atoms with E-state index in [1.165, 1.54) is 11.3 Å². The van der Waals surface area contributed by atoms with Crippen molar-refractivity contribution in [3.63, 3.8) is 0 Å². The molecule has 2 heterocycles. The van der Waals surface area contributed by atoms with Crippen molar-refractivity contribution in [2.45, 2.75) is 6.42 Å². The van der Waals surface area contributed by atoms with Crippen LogP contribution in [-0.2, 0) is 6.42 Å². The second-order valence-electron chi connectivity index (χ2n) is 6.43. The van der Waals surface area contributed by atoms with Gasteiger partial charge in [0, 0.05) is 28.2 Å². The van der Waals surface area contributed by atoms with Gasteiger partial charge in [0.05, 0.1) is 5.52 Å². The van der Waals surface area contributed by atoms with E-state index in [1.54, 1.807) is 0 Å². The van der Waals surface area contributed by atoms with Crippen LogP contribution in [0.5, 0.6) is 0 Å². The summed E-state index contributed by atoms with van der Waals surface area (Å²) in [5.41, 5.74) is 4.52. The van der Waals surface area contributed by atoms with E-state index in [0.29, 0.717) is 5.02 Å².